The summed E-state index contributed by atoms with van der Waals surface area (Å²) < 4.78 is 5.10. The van der Waals surface area contributed by atoms with Crippen LogP contribution in [0.25, 0.3) is 0 Å². The van der Waals surface area contributed by atoms with E-state index in [1.165, 1.54) is 19.0 Å². The summed E-state index contributed by atoms with van der Waals surface area (Å²) in [6.07, 6.45) is 10.6. The highest BCUT2D eigenvalue weighted by Crippen LogP contribution is 2.17. The highest BCUT2D eigenvalue weighted by Gasteiger charge is 2.17. The number of rotatable bonds is 5. The largest absolute Gasteiger partial charge is 0.445 e. The minimum Gasteiger partial charge on any atom is -0.445 e. The van der Waals surface area contributed by atoms with Crippen molar-refractivity contribution >= 4 is 6.09 Å². The van der Waals surface area contributed by atoms with E-state index in [1.807, 2.05) is 0 Å². The molecule has 0 atom stereocenters. The molecule has 17 heavy (non-hydrogen) atoms. The van der Waals surface area contributed by atoms with E-state index in [4.69, 9.17) is 10.5 Å². The fourth-order valence-corrected chi connectivity index (χ4v) is 1.85. The van der Waals surface area contributed by atoms with Crippen LogP contribution in [-0.2, 0) is 4.74 Å². The molecule has 0 aromatic heterocycles. The van der Waals surface area contributed by atoms with E-state index in [0.717, 1.165) is 18.4 Å². The summed E-state index contributed by atoms with van der Waals surface area (Å²) in [7, 11) is 0. The second kappa shape index (κ2) is 7.54. The van der Waals surface area contributed by atoms with Crippen LogP contribution in [0.5, 0.6) is 0 Å². The van der Waals surface area contributed by atoms with Crippen molar-refractivity contribution in [3.8, 4) is 0 Å². The monoisotopic (exact) mass is 236 g/mol. The van der Waals surface area contributed by atoms with Gasteiger partial charge in [-0.2, -0.15) is 0 Å². The number of carbonyl (C=O) groups excluding carboxylic acids is 1. The fraction of sp³-hybridized carbons (Fsp3) is 0.462. The Bertz CT molecular complexity index is 315. The number of amides is 1. The SMILES string of the molecule is C=C/C=C(\C=C/N)COC(=O)NC1CCCC1. The minimum atomic E-state index is -0.364. The number of hydrogen-bond acceptors (Lipinski definition) is 3. The average Bonchev–Trinajstić information content (AvgIpc) is 2.79. The van der Waals surface area contributed by atoms with E-state index in [9.17, 15) is 4.79 Å². The second-order valence-electron chi connectivity index (χ2n) is 4.04. The van der Waals surface area contributed by atoms with E-state index in [2.05, 4.69) is 11.9 Å². The van der Waals surface area contributed by atoms with Crippen LogP contribution in [0.3, 0.4) is 0 Å². The Hall–Kier alpha value is -1.71. The van der Waals surface area contributed by atoms with Gasteiger partial charge in [-0.3, -0.25) is 0 Å². The first-order valence-electron chi connectivity index (χ1n) is 5.89. The van der Waals surface area contributed by atoms with Gasteiger partial charge in [0.05, 0.1) is 0 Å². The lowest BCUT2D eigenvalue weighted by Gasteiger charge is -2.12. The second-order valence-corrected chi connectivity index (χ2v) is 4.04. The molecule has 0 unspecified atom stereocenters. The van der Waals surface area contributed by atoms with Crippen LogP contribution in [0.4, 0.5) is 4.79 Å². The molecular weight excluding hydrogens is 216 g/mol. The Morgan fingerprint density at radius 2 is 2.18 bits per heavy atom. The summed E-state index contributed by atoms with van der Waals surface area (Å²) in [4.78, 5) is 11.5. The van der Waals surface area contributed by atoms with Gasteiger partial charge in [0.1, 0.15) is 6.61 Å². The maximum Gasteiger partial charge on any atom is 0.407 e. The molecule has 4 heteroatoms. The first-order valence-corrected chi connectivity index (χ1v) is 5.89. The maximum atomic E-state index is 11.5. The Balaban J connectivity index is 2.30. The first-order chi connectivity index (χ1) is 8.26. The van der Waals surface area contributed by atoms with Gasteiger partial charge >= 0.3 is 6.09 Å². The summed E-state index contributed by atoms with van der Waals surface area (Å²) in [5.41, 5.74) is 6.10. The molecular formula is C13H20N2O2. The van der Waals surface area contributed by atoms with E-state index >= 15 is 0 Å². The Kier molecular flexibility index (Phi) is 5.93. The van der Waals surface area contributed by atoms with Crippen molar-refractivity contribution in [1.29, 1.82) is 0 Å². The van der Waals surface area contributed by atoms with Gasteiger partial charge in [0.25, 0.3) is 0 Å². The zero-order valence-corrected chi connectivity index (χ0v) is 10.0. The predicted molar refractivity (Wildman–Crippen MR) is 68.3 cm³/mol. The number of nitrogens with one attached hydrogen (secondary N) is 1. The molecule has 94 valence electrons. The summed E-state index contributed by atoms with van der Waals surface area (Å²) in [6.45, 7) is 3.79. The van der Waals surface area contributed by atoms with Crippen molar-refractivity contribution < 1.29 is 9.53 Å². The molecule has 1 saturated carbocycles. The van der Waals surface area contributed by atoms with Crippen LogP contribution in [0.15, 0.2) is 36.6 Å². The maximum absolute atomic E-state index is 11.5. The van der Waals surface area contributed by atoms with Crippen LogP contribution < -0.4 is 11.1 Å². The summed E-state index contributed by atoms with van der Waals surface area (Å²) in [6, 6.07) is 0.277. The number of allylic oxidation sites excluding steroid dienone is 2. The van der Waals surface area contributed by atoms with Gasteiger partial charge in [0.2, 0.25) is 0 Å². The van der Waals surface area contributed by atoms with Crippen molar-refractivity contribution in [2.45, 2.75) is 31.7 Å². The van der Waals surface area contributed by atoms with Crippen molar-refractivity contribution in [1.82, 2.24) is 5.32 Å². The molecule has 1 amide bonds. The van der Waals surface area contributed by atoms with Crippen molar-refractivity contribution in [3.63, 3.8) is 0 Å². The molecule has 0 heterocycles. The first kappa shape index (κ1) is 13.4. The van der Waals surface area contributed by atoms with Crippen LogP contribution in [0, 0.1) is 0 Å². The molecule has 0 radical (unpaired) electrons. The molecule has 1 aliphatic rings. The lowest BCUT2D eigenvalue weighted by Crippen LogP contribution is -2.33. The van der Waals surface area contributed by atoms with Crippen LogP contribution in [0.1, 0.15) is 25.7 Å². The molecule has 0 spiro atoms. The van der Waals surface area contributed by atoms with E-state index in [0.29, 0.717) is 0 Å². The molecule has 0 aromatic rings. The third-order valence-corrected chi connectivity index (χ3v) is 2.69. The van der Waals surface area contributed by atoms with E-state index in [1.54, 1.807) is 18.2 Å². The highest BCUT2D eigenvalue weighted by molar-refractivity contribution is 5.67. The zero-order chi connectivity index (χ0) is 12.5. The molecule has 1 aliphatic carbocycles. The summed E-state index contributed by atoms with van der Waals surface area (Å²) >= 11 is 0. The van der Waals surface area contributed by atoms with Crippen LogP contribution >= 0.6 is 0 Å². The number of ether oxygens (including phenoxy) is 1. The number of hydrogen-bond donors (Lipinski definition) is 2. The highest BCUT2D eigenvalue weighted by atomic mass is 16.5. The lowest BCUT2D eigenvalue weighted by atomic mass is 10.2. The van der Waals surface area contributed by atoms with Gasteiger partial charge in [-0.15, -0.1) is 0 Å². The van der Waals surface area contributed by atoms with Crippen LogP contribution in [0.2, 0.25) is 0 Å². The normalized spacial score (nSPS) is 17.3. The summed E-state index contributed by atoms with van der Waals surface area (Å²) in [5, 5.41) is 2.85. The van der Waals surface area contributed by atoms with Gasteiger partial charge in [0.15, 0.2) is 0 Å². The Morgan fingerprint density at radius 1 is 1.47 bits per heavy atom. The average molecular weight is 236 g/mol. The number of alkyl carbamates (subject to hydrolysis) is 1. The molecule has 1 rings (SSSR count). The van der Waals surface area contributed by atoms with Gasteiger partial charge in [-0.1, -0.05) is 31.6 Å². The molecule has 0 saturated heterocycles. The van der Waals surface area contributed by atoms with Gasteiger partial charge in [-0.05, 0) is 30.7 Å². The molecule has 3 N–H and O–H groups in total. The number of nitrogens with two attached hydrogens (primary N) is 1. The quantitative estimate of drug-likeness (QED) is 0.719. The van der Waals surface area contributed by atoms with Crippen LogP contribution in [-0.4, -0.2) is 18.7 Å². The van der Waals surface area contributed by atoms with Gasteiger partial charge < -0.3 is 15.8 Å². The molecule has 4 nitrogen and oxygen atoms in total. The third kappa shape index (κ3) is 5.24. The summed E-state index contributed by atoms with van der Waals surface area (Å²) in [5.74, 6) is 0. The molecule has 0 bridgehead atoms. The van der Waals surface area contributed by atoms with E-state index in [-0.39, 0.29) is 18.7 Å². The third-order valence-electron chi connectivity index (χ3n) is 2.69. The van der Waals surface area contributed by atoms with Gasteiger partial charge in [0, 0.05) is 6.04 Å². The van der Waals surface area contributed by atoms with Crippen molar-refractivity contribution in [2.75, 3.05) is 6.61 Å². The zero-order valence-electron chi connectivity index (χ0n) is 10.0. The fourth-order valence-electron chi connectivity index (χ4n) is 1.85. The lowest BCUT2D eigenvalue weighted by molar-refractivity contribution is 0.152. The Labute approximate surface area is 102 Å². The Morgan fingerprint density at radius 3 is 2.76 bits per heavy atom. The van der Waals surface area contributed by atoms with Crippen molar-refractivity contribution in [2.24, 2.45) is 5.73 Å². The minimum absolute atomic E-state index is 0.207. The molecule has 0 aliphatic heterocycles. The topological polar surface area (TPSA) is 64.3 Å². The number of carbonyl (C=O) groups is 1. The van der Waals surface area contributed by atoms with E-state index < -0.39 is 0 Å². The molecule has 1 fully saturated rings. The standard InChI is InChI=1S/C13H20N2O2/c1-2-5-11(8-9-14)10-17-13(16)15-12-6-3-4-7-12/h2,5,8-9,12H,1,3-4,6-7,10,14H2,(H,15,16)/b9-8-,11-5+. The van der Waals surface area contributed by atoms with Crippen molar-refractivity contribution in [3.05, 3.63) is 36.6 Å². The van der Waals surface area contributed by atoms with Gasteiger partial charge in [-0.25, -0.2) is 4.79 Å². The predicted octanol–water partition coefficient (Wildman–Crippen LogP) is 2.24. The molecule has 0 aromatic carbocycles. The smallest absolute Gasteiger partial charge is 0.407 e.